The molecule has 0 spiro atoms. The maximum absolute atomic E-state index is 12.6. The van der Waals surface area contributed by atoms with Gasteiger partial charge >= 0.3 is 6.18 Å². The molecule has 0 atom stereocenters. The average Bonchev–Trinajstić information content (AvgIpc) is 2.78. The number of unbranched alkanes of at least 4 members (excludes halogenated alkanes) is 1. The Labute approximate surface area is 125 Å². The molecule has 1 aromatic heterocycles. The number of alkyl halides is 3. The van der Waals surface area contributed by atoms with Crippen LogP contribution in [0.4, 0.5) is 18.3 Å². The van der Waals surface area contributed by atoms with Crippen molar-refractivity contribution in [2.24, 2.45) is 0 Å². The molecule has 0 saturated carbocycles. The number of anilines is 1. The zero-order chi connectivity index (χ0) is 15.5. The molecule has 21 heavy (non-hydrogen) atoms. The largest absolute Gasteiger partial charge is 0.416 e. The summed E-state index contributed by atoms with van der Waals surface area (Å²) >= 11 is 1.38. The lowest BCUT2D eigenvalue weighted by molar-refractivity contribution is -0.137. The third-order valence-corrected chi connectivity index (χ3v) is 4.02. The second-order valence-electron chi connectivity index (χ2n) is 5.14. The Morgan fingerprint density at radius 1 is 1.24 bits per heavy atom. The number of aromatic nitrogens is 1. The molecule has 116 valence electrons. The van der Waals surface area contributed by atoms with Crippen LogP contribution < -0.4 is 5.32 Å². The van der Waals surface area contributed by atoms with E-state index in [1.54, 1.807) is 0 Å². The zero-order valence-electron chi connectivity index (χ0n) is 12.0. The van der Waals surface area contributed by atoms with Gasteiger partial charge < -0.3 is 10.2 Å². The standard InChI is InChI=1S/C14H18F3N3S/c1-20(2)8-4-3-7-18-13-19-11-9-10(14(15,16)17)5-6-12(11)21-13/h5-6,9H,3-4,7-8H2,1-2H3,(H,18,19). The van der Waals surface area contributed by atoms with Gasteiger partial charge in [-0.1, -0.05) is 11.3 Å². The molecule has 0 bridgehead atoms. The molecular weight excluding hydrogens is 299 g/mol. The summed E-state index contributed by atoms with van der Waals surface area (Å²) in [7, 11) is 4.05. The van der Waals surface area contributed by atoms with Gasteiger partial charge in [-0.15, -0.1) is 0 Å². The third-order valence-electron chi connectivity index (χ3n) is 3.02. The summed E-state index contributed by atoms with van der Waals surface area (Å²) in [5.74, 6) is 0. The summed E-state index contributed by atoms with van der Waals surface area (Å²) < 4.78 is 38.7. The van der Waals surface area contributed by atoms with Crippen molar-refractivity contribution in [3.8, 4) is 0 Å². The highest BCUT2D eigenvalue weighted by molar-refractivity contribution is 7.22. The summed E-state index contributed by atoms with van der Waals surface area (Å²) in [6.07, 6.45) is -2.25. The lowest BCUT2D eigenvalue weighted by Crippen LogP contribution is -2.14. The van der Waals surface area contributed by atoms with Crippen molar-refractivity contribution in [3.63, 3.8) is 0 Å². The first-order chi connectivity index (χ1) is 9.86. The number of benzene rings is 1. The quantitative estimate of drug-likeness (QED) is 0.814. The Kier molecular flexibility index (Phi) is 5.05. The van der Waals surface area contributed by atoms with E-state index in [1.165, 1.54) is 17.4 Å². The first-order valence-corrected chi connectivity index (χ1v) is 7.54. The van der Waals surface area contributed by atoms with Gasteiger partial charge in [-0.25, -0.2) is 4.98 Å². The normalized spacial score (nSPS) is 12.3. The summed E-state index contributed by atoms with van der Waals surface area (Å²) in [4.78, 5) is 6.34. The van der Waals surface area contributed by atoms with Gasteiger partial charge in [-0.3, -0.25) is 0 Å². The lowest BCUT2D eigenvalue weighted by atomic mass is 10.2. The average molecular weight is 317 g/mol. The van der Waals surface area contributed by atoms with Gasteiger partial charge in [0.2, 0.25) is 0 Å². The van der Waals surface area contributed by atoms with Gasteiger partial charge in [-0.05, 0) is 51.7 Å². The van der Waals surface area contributed by atoms with E-state index >= 15 is 0 Å². The highest BCUT2D eigenvalue weighted by atomic mass is 32.1. The van der Waals surface area contributed by atoms with Crippen LogP contribution in [0.25, 0.3) is 10.2 Å². The molecule has 0 aliphatic carbocycles. The fraction of sp³-hybridized carbons (Fsp3) is 0.500. The van der Waals surface area contributed by atoms with Crippen LogP contribution in [0.5, 0.6) is 0 Å². The lowest BCUT2D eigenvalue weighted by Gasteiger charge is -2.08. The SMILES string of the molecule is CN(C)CCCCNc1nc2cc(C(F)(F)F)ccc2s1. The molecule has 7 heteroatoms. The van der Waals surface area contributed by atoms with E-state index in [0.717, 1.165) is 42.8 Å². The zero-order valence-corrected chi connectivity index (χ0v) is 12.8. The van der Waals surface area contributed by atoms with Crippen LogP contribution in [0.2, 0.25) is 0 Å². The molecular formula is C14H18F3N3S. The van der Waals surface area contributed by atoms with Crippen molar-refractivity contribution in [3.05, 3.63) is 23.8 Å². The van der Waals surface area contributed by atoms with Gasteiger partial charge in [0.25, 0.3) is 0 Å². The number of hydrogen-bond acceptors (Lipinski definition) is 4. The Balaban J connectivity index is 1.96. The Bertz CT molecular complexity index is 593. The topological polar surface area (TPSA) is 28.2 Å². The molecule has 0 aliphatic rings. The predicted octanol–water partition coefficient (Wildman–Crippen LogP) is 4.07. The van der Waals surface area contributed by atoms with Crippen molar-refractivity contribution < 1.29 is 13.2 Å². The van der Waals surface area contributed by atoms with Gasteiger partial charge in [0, 0.05) is 6.54 Å². The fourth-order valence-electron chi connectivity index (χ4n) is 1.93. The minimum atomic E-state index is -4.32. The Morgan fingerprint density at radius 3 is 2.67 bits per heavy atom. The van der Waals surface area contributed by atoms with Crippen molar-refractivity contribution in [1.82, 2.24) is 9.88 Å². The number of fused-ring (bicyclic) bond motifs is 1. The Morgan fingerprint density at radius 2 is 2.00 bits per heavy atom. The molecule has 0 radical (unpaired) electrons. The molecule has 0 fully saturated rings. The van der Waals surface area contributed by atoms with Crippen LogP contribution in [0.3, 0.4) is 0 Å². The van der Waals surface area contributed by atoms with Crippen molar-refractivity contribution in [2.75, 3.05) is 32.5 Å². The van der Waals surface area contributed by atoms with Crippen LogP contribution in [-0.2, 0) is 6.18 Å². The molecule has 2 aromatic rings. The molecule has 2 rings (SSSR count). The second-order valence-corrected chi connectivity index (χ2v) is 6.17. The molecule has 0 amide bonds. The first-order valence-electron chi connectivity index (χ1n) is 6.72. The molecule has 0 unspecified atom stereocenters. The van der Waals surface area contributed by atoms with Crippen LogP contribution in [-0.4, -0.2) is 37.1 Å². The Hall–Kier alpha value is -1.34. The smallest absolute Gasteiger partial charge is 0.361 e. The number of nitrogens with zero attached hydrogens (tertiary/aromatic N) is 2. The number of rotatable bonds is 6. The number of thiazole rings is 1. The summed E-state index contributed by atoms with van der Waals surface area (Å²) in [5, 5.41) is 3.85. The minimum Gasteiger partial charge on any atom is -0.361 e. The number of nitrogens with one attached hydrogen (secondary N) is 1. The van der Waals surface area contributed by atoms with Gasteiger partial charge in [0.1, 0.15) is 0 Å². The highest BCUT2D eigenvalue weighted by Crippen LogP contribution is 2.33. The van der Waals surface area contributed by atoms with E-state index in [0.29, 0.717) is 10.6 Å². The van der Waals surface area contributed by atoms with Crippen LogP contribution in [0.1, 0.15) is 18.4 Å². The van der Waals surface area contributed by atoms with E-state index in [1.807, 2.05) is 14.1 Å². The van der Waals surface area contributed by atoms with Crippen molar-refractivity contribution in [2.45, 2.75) is 19.0 Å². The van der Waals surface area contributed by atoms with E-state index in [2.05, 4.69) is 15.2 Å². The van der Waals surface area contributed by atoms with Gasteiger partial charge in [-0.2, -0.15) is 13.2 Å². The van der Waals surface area contributed by atoms with Crippen LogP contribution in [0, 0.1) is 0 Å². The number of halogens is 3. The molecule has 3 nitrogen and oxygen atoms in total. The fourth-order valence-corrected chi connectivity index (χ4v) is 2.80. The summed E-state index contributed by atoms with van der Waals surface area (Å²) in [6, 6.07) is 3.68. The molecule has 1 N–H and O–H groups in total. The van der Waals surface area contributed by atoms with Crippen LogP contribution >= 0.6 is 11.3 Å². The number of hydrogen-bond donors (Lipinski definition) is 1. The van der Waals surface area contributed by atoms with Crippen molar-refractivity contribution >= 4 is 26.7 Å². The van der Waals surface area contributed by atoms with Crippen LogP contribution in [0.15, 0.2) is 18.2 Å². The maximum Gasteiger partial charge on any atom is 0.416 e. The van der Waals surface area contributed by atoms with Gasteiger partial charge in [0.15, 0.2) is 5.13 Å². The minimum absolute atomic E-state index is 0.394. The van der Waals surface area contributed by atoms with E-state index in [9.17, 15) is 13.2 Å². The molecule has 1 aromatic carbocycles. The second kappa shape index (κ2) is 6.62. The molecule has 0 aliphatic heterocycles. The highest BCUT2D eigenvalue weighted by Gasteiger charge is 2.30. The molecule has 0 saturated heterocycles. The van der Waals surface area contributed by atoms with Gasteiger partial charge in [0.05, 0.1) is 15.8 Å². The first kappa shape index (κ1) is 16.0. The summed E-state index contributed by atoms with van der Waals surface area (Å²) in [5.41, 5.74) is -0.261. The van der Waals surface area contributed by atoms with Crippen molar-refractivity contribution in [1.29, 1.82) is 0 Å². The summed E-state index contributed by atoms with van der Waals surface area (Å²) in [6.45, 7) is 1.80. The van der Waals surface area contributed by atoms with E-state index < -0.39 is 11.7 Å². The predicted molar refractivity (Wildman–Crippen MR) is 80.9 cm³/mol. The monoisotopic (exact) mass is 317 g/mol. The maximum atomic E-state index is 12.6. The van der Waals surface area contributed by atoms with E-state index in [-0.39, 0.29) is 0 Å². The van der Waals surface area contributed by atoms with E-state index in [4.69, 9.17) is 0 Å². The third kappa shape index (κ3) is 4.57. The molecule has 1 heterocycles.